The zero-order valence-electron chi connectivity index (χ0n) is 20.3. The van der Waals surface area contributed by atoms with Crippen molar-refractivity contribution in [2.24, 2.45) is 5.92 Å². The number of amides is 1. The lowest BCUT2D eigenvalue weighted by molar-refractivity contribution is -0.123. The SMILES string of the molecule is Cc1cc(C)c2sc(N(Cc3ccco3)C(=O)C3CCN(S(=O)(=O)c4ccc(F)cc4F)CC3)nc2c1. The van der Waals surface area contributed by atoms with Crippen LogP contribution in [0.2, 0.25) is 0 Å². The van der Waals surface area contributed by atoms with Gasteiger partial charge in [0.25, 0.3) is 0 Å². The fourth-order valence-corrected chi connectivity index (χ4v) is 7.20. The Balaban J connectivity index is 1.38. The number of thiazole rings is 1. The topological polar surface area (TPSA) is 83.7 Å². The van der Waals surface area contributed by atoms with E-state index in [0.717, 1.165) is 37.8 Å². The first-order chi connectivity index (χ1) is 17.6. The second-order valence-corrected chi connectivity index (χ2v) is 12.1. The van der Waals surface area contributed by atoms with Crippen LogP contribution in [0.5, 0.6) is 0 Å². The average Bonchev–Trinajstić information content (AvgIpc) is 3.52. The third-order valence-corrected chi connectivity index (χ3v) is 9.68. The number of furan rings is 1. The number of rotatable bonds is 6. The first-order valence-corrected chi connectivity index (χ1v) is 14.1. The fraction of sp³-hybridized carbons (Fsp3) is 0.308. The average molecular weight is 546 g/mol. The van der Waals surface area contributed by atoms with Crippen molar-refractivity contribution >= 4 is 42.6 Å². The minimum Gasteiger partial charge on any atom is -0.467 e. The predicted octanol–water partition coefficient (Wildman–Crippen LogP) is 5.42. The normalized spacial score (nSPS) is 15.4. The summed E-state index contributed by atoms with van der Waals surface area (Å²) in [6.45, 7) is 4.29. The van der Waals surface area contributed by atoms with Crippen LogP contribution in [0.1, 0.15) is 29.7 Å². The van der Waals surface area contributed by atoms with E-state index in [2.05, 4.69) is 6.07 Å². The van der Waals surface area contributed by atoms with E-state index in [9.17, 15) is 22.0 Å². The maximum absolute atomic E-state index is 14.2. The smallest absolute Gasteiger partial charge is 0.245 e. The molecule has 194 valence electrons. The van der Waals surface area contributed by atoms with Crippen molar-refractivity contribution in [1.29, 1.82) is 0 Å². The minimum absolute atomic E-state index is 0.0439. The summed E-state index contributed by atoms with van der Waals surface area (Å²) in [4.78, 5) is 19.5. The number of sulfonamides is 1. The van der Waals surface area contributed by atoms with Crippen LogP contribution in [-0.2, 0) is 21.4 Å². The third-order valence-electron chi connectivity index (χ3n) is 6.51. The Hall–Kier alpha value is -3.15. The maximum Gasteiger partial charge on any atom is 0.245 e. The minimum atomic E-state index is -4.16. The van der Waals surface area contributed by atoms with Gasteiger partial charge >= 0.3 is 0 Å². The molecule has 0 atom stereocenters. The Morgan fingerprint density at radius 1 is 1.16 bits per heavy atom. The number of carbonyl (C=O) groups excluding carboxylic acids is 1. The van der Waals surface area contributed by atoms with Crippen molar-refractivity contribution < 1.29 is 26.4 Å². The standard InChI is InChI=1S/C26H25F2N3O4S2/c1-16-12-17(2)24-22(13-16)29-26(36-24)31(15-20-4-3-11-35-20)25(32)18-7-9-30(10-8-18)37(33,34)23-6-5-19(27)14-21(23)28/h3-6,11-14,18H,7-10,15H2,1-2H3. The molecule has 5 rings (SSSR count). The van der Waals surface area contributed by atoms with Gasteiger partial charge in [0.05, 0.1) is 23.0 Å². The molecule has 3 heterocycles. The number of carbonyl (C=O) groups is 1. The number of halogens is 2. The number of hydrogen-bond donors (Lipinski definition) is 0. The lowest BCUT2D eigenvalue weighted by atomic mass is 9.96. The van der Waals surface area contributed by atoms with Gasteiger partial charge in [-0.05, 0) is 68.1 Å². The summed E-state index contributed by atoms with van der Waals surface area (Å²) < 4.78 is 61.1. The van der Waals surface area contributed by atoms with Crippen LogP contribution >= 0.6 is 11.3 Å². The Morgan fingerprint density at radius 3 is 2.59 bits per heavy atom. The van der Waals surface area contributed by atoms with Gasteiger partial charge in [0.1, 0.15) is 22.3 Å². The molecular formula is C26H25F2N3O4S2. The summed E-state index contributed by atoms with van der Waals surface area (Å²) >= 11 is 1.43. The van der Waals surface area contributed by atoms with Gasteiger partial charge in [-0.25, -0.2) is 22.2 Å². The van der Waals surface area contributed by atoms with Gasteiger partial charge in [-0.3, -0.25) is 9.69 Å². The van der Waals surface area contributed by atoms with E-state index in [1.165, 1.54) is 11.3 Å². The quantitative estimate of drug-likeness (QED) is 0.323. The van der Waals surface area contributed by atoms with E-state index in [0.29, 0.717) is 17.0 Å². The van der Waals surface area contributed by atoms with Crippen molar-refractivity contribution in [1.82, 2.24) is 9.29 Å². The van der Waals surface area contributed by atoms with E-state index in [-0.39, 0.29) is 38.4 Å². The van der Waals surface area contributed by atoms with E-state index < -0.39 is 32.5 Å². The van der Waals surface area contributed by atoms with Gasteiger partial charge in [0.2, 0.25) is 15.9 Å². The molecule has 0 saturated carbocycles. The van der Waals surface area contributed by atoms with E-state index in [1.807, 2.05) is 19.9 Å². The number of aryl methyl sites for hydroxylation is 2. The Bertz CT molecular complexity index is 1560. The molecule has 0 N–H and O–H groups in total. The molecule has 1 aliphatic rings. The number of benzene rings is 2. The molecule has 7 nitrogen and oxygen atoms in total. The molecule has 0 radical (unpaired) electrons. The van der Waals surface area contributed by atoms with Crippen LogP contribution < -0.4 is 4.90 Å². The highest BCUT2D eigenvalue weighted by Crippen LogP contribution is 2.35. The zero-order chi connectivity index (χ0) is 26.3. The van der Waals surface area contributed by atoms with Gasteiger partial charge in [-0.1, -0.05) is 17.4 Å². The van der Waals surface area contributed by atoms with Gasteiger partial charge < -0.3 is 4.42 Å². The maximum atomic E-state index is 14.2. The first kappa shape index (κ1) is 25.5. The Labute approximate surface area is 217 Å². The van der Waals surface area contributed by atoms with Crippen LogP contribution in [0.25, 0.3) is 10.2 Å². The molecule has 1 saturated heterocycles. The van der Waals surface area contributed by atoms with Crippen LogP contribution in [0.3, 0.4) is 0 Å². The molecular weight excluding hydrogens is 520 g/mol. The highest BCUT2D eigenvalue weighted by molar-refractivity contribution is 7.89. The van der Waals surface area contributed by atoms with Crippen molar-refractivity contribution in [2.75, 3.05) is 18.0 Å². The molecule has 0 bridgehead atoms. The number of fused-ring (bicyclic) bond motifs is 1. The third kappa shape index (κ3) is 5.03. The summed E-state index contributed by atoms with van der Waals surface area (Å²) in [5.41, 5.74) is 2.98. The highest BCUT2D eigenvalue weighted by Gasteiger charge is 2.36. The molecule has 1 fully saturated rings. The van der Waals surface area contributed by atoms with Gasteiger partial charge in [0.15, 0.2) is 5.13 Å². The molecule has 0 spiro atoms. The molecule has 1 aliphatic heterocycles. The van der Waals surface area contributed by atoms with E-state index in [1.54, 1.807) is 23.3 Å². The molecule has 37 heavy (non-hydrogen) atoms. The number of piperidine rings is 1. The molecule has 4 aromatic rings. The second-order valence-electron chi connectivity index (χ2n) is 9.18. The summed E-state index contributed by atoms with van der Waals surface area (Å²) in [6, 6.07) is 9.99. The van der Waals surface area contributed by atoms with Crippen LogP contribution in [0.15, 0.2) is 58.0 Å². The number of hydrogen-bond acceptors (Lipinski definition) is 6. The molecule has 0 aliphatic carbocycles. The van der Waals surface area contributed by atoms with Gasteiger partial charge in [0, 0.05) is 25.1 Å². The van der Waals surface area contributed by atoms with Crippen LogP contribution in [0, 0.1) is 31.4 Å². The van der Waals surface area contributed by atoms with E-state index in [4.69, 9.17) is 9.40 Å². The number of aromatic nitrogens is 1. The largest absolute Gasteiger partial charge is 0.467 e. The van der Waals surface area contributed by atoms with Crippen molar-refractivity contribution in [3.05, 3.63) is 77.2 Å². The van der Waals surface area contributed by atoms with Crippen LogP contribution in [-0.4, -0.2) is 36.7 Å². The van der Waals surface area contributed by atoms with Crippen molar-refractivity contribution in [3.63, 3.8) is 0 Å². The Morgan fingerprint density at radius 2 is 1.92 bits per heavy atom. The lowest BCUT2D eigenvalue weighted by Crippen LogP contribution is -2.44. The zero-order valence-corrected chi connectivity index (χ0v) is 21.9. The van der Waals surface area contributed by atoms with E-state index >= 15 is 0 Å². The monoisotopic (exact) mass is 545 g/mol. The van der Waals surface area contributed by atoms with Gasteiger partial charge in [-0.2, -0.15) is 4.31 Å². The van der Waals surface area contributed by atoms with Crippen molar-refractivity contribution in [2.45, 2.75) is 38.1 Å². The van der Waals surface area contributed by atoms with Gasteiger partial charge in [-0.15, -0.1) is 0 Å². The molecule has 1 amide bonds. The number of anilines is 1. The predicted molar refractivity (Wildman–Crippen MR) is 137 cm³/mol. The molecule has 11 heteroatoms. The number of nitrogens with zero attached hydrogens (tertiary/aromatic N) is 3. The summed E-state index contributed by atoms with van der Waals surface area (Å²) in [7, 11) is -4.16. The summed E-state index contributed by atoms with van der Waals surface area (Å²) in [6.07, 6.45) is 2.07. The molecule has 2 aromatic heterocycles. The fourth-order valence-electron chi connectivity index (χ4n) is 4.67. The first-order valence-electron chi connectivity index (χ1n) is 11.8. The second kappa shape index (κ2) is 9.96. The Kier molecular flexibility index (Phi) is 6.86. The molecule has 0 unspecified atom stereocenters. The molecule has 2 aromatic carbocycles. The summed E-state index contributed by atoms with van der Waals surface area (Å²) in [5, 5.41) is 0.550. The van der Waals surface area contributed by atoms with Crippen molar-refractivity contribution in [3.8, 4) is 0 Å². The highest BCUT2D eigenvalue weighted by atomic mass is 32.2. The lowest BCUT2D eigenvalue weighted by Gasteiger charge is -2.32. The van der Waals surface area contributed by atoms with Crippen LogP contribution in [0.4, 0.5) is 13.9 Å². The summed E-state index contributed by atoms with van der Waals surface area (Å²) in [5.74, 6) is -2.00.